The number of alkyl halides is 2. The summed E-state index contributed by atoms with van der Waals surface area (Å²) in [5.41, 5.74) is 9.22. The summed E-state index contributed by atoms with van der Waals surface area (Å²) in [5.74, 6) is -1.31. The Labute approximate surface area is 212 Å². The number of aromatic nitrogens is 3. The Balaban J connectivity index is 1.36. The van der Waals surface area contributed by atoms with Crippen molar-refractivity contribution in [2.24, 2.45) is 0 Å². The van der Waals surface area contributed by atoms with Crippen molar-refractivity contribution in [3.63, 3.8) is 0 Å². The standard InChI is InChI=1S/C27H30F3N5O2/c1-13-10-32-11-18-14(8-17(24(29)30)21(28)20(13)18)4-5-15-9-19(23-22(15)36-27(2,3)37-23)35-7-6-16-25(31)33-12-34-26(16)35/h6-9,12-13,19,22-24,32H,4-5,10-11H2,1-3H3,(H2,31,33,34)/t13?,19-,22-,23+/m1/s1. The fraction of sp³-hybridized carbons (Fsp3) is 0.481. The average Bonchev–Trinajstić information content (AvgIpc) is 3.50. The van der Waals surface area contributed by atoms with Crippen LogP contribution < -0.4 is 11.1 Å². The van der Waals surface area contributed by atoms with Crippen molar-refractivity contribution in [1.82, 2.24) is 19.9 Å². The molecule has 196 valence electrons. The minimum atomic E-state index is -2.87. The molecule has 0 saturated carbocycles. The molecule has 4 heterocycles. The highest BCUT2D eigenvalue weighted by atomic mass is 19.3. The van der Waals surface area contributed by atoms with E-state index in [2.05, 4.69) is 21.4 Å². The van der Waals surface area contributed by atoms with E-state index in [1.54, 1.807) is 0 Å². The van der Waals surface area contributed by atoms with Gasteiger partial charge in [0.2, 0.25) is 0 Å². The van der Waals surface area contributed by atoms with Gasteiger partial charge in [-0.1, -0.05) is 13.0 Å². The largest absolute Gasteiger partial charge is 0.383 e. The van der Waals surface area contributed by atoms with Gasteiger partial charge in [0.15, 0.2) is 5.79 Å². The number of ether oxygens (including phenoxy) is 2. The van der Waals surface area contributed by atoms with E-state index in [-0.39, 0.29) is 24.2 Å². The van der Waals surface area contributed by atoms with Crippen LogP contribution in [0.3, 0.4) is 0 Å². The molecular formula is C27H30F3N5O2. The smallest absolute Gasteiger partial charge is 0.266 e. The van der Waals surface area contributed by atoms with Gasteiger partial charge in [-0.15, -0.1) is 0 Å². The fourth-order valence-corrected chi connectivity index (χ4v) is 6.13. The molecule has 3 aromatic rings. The molecule has 10 heteroatoms. The van der Waals surface area contributed by atoms with Gasteiger partial charge in [-0.2, -0.15) is 0 Å². The van der Waals surface area contributed by atoms with Crippen LogP contribution in [0, 0.1) is 5.82 Å². The summed E-state index contributed by atoms with van der Waals surface area (Å²) in [6.45, 7) is 6.65. The molecule has 1 aliphatic carbocycles. The van der Waals surface area contributed by atoms with E-state index in [0.717, 1.165) is 22.1 Å². The third-order valence-electron chi connectivity index (χ3n) is 7.77. The van der Waals surface area contributed by atoms with Crippen LogP contribution in [0.4, 0.5) is 19.0 Å². The molecule has 2 aliphatic heterocycles. The molecule has 0 amide bonds. The number of aryl methyl sites for hydroxylation is 1. The average molecular weight is 514 g/mol. The molecule has 3 N–H and O–H groups in total. The number of benzene rings is 1. The zero-order valence-corrected chi connectivity index (χ0v) is 21.0. The molecule has 1 fully saturated rings. The normalized spacial score (nSPS) is 26.5. The molecule has 37 heavy (non-hydrogen) atoms. The molecule has 7 nitrogen and oxygen atoms in total. The molecule has 0 radical (unpaired) electrons. The molecular weight excluding hydrogens is 483 g/mol. The number of hydrogen-bond donors (Lipinski definition) is 2. The van der Waals surface area contributed by atoms with Crippen LogP contribution in [-0.2, 0) is 22.4 Å². The lowest BCUT2D eigenvalue weighted by molar-refractivity contribution is -0.147. The second-order valence-corrected chi connectivity index (χ2v) is 10.6. The topological polar surface area (TPSA) is 87.2 Å². The summed E-state index contributed by atoms with van der Waals surface area (Å²) < 4.78 is 57.1. The van der Waals surface area contributed by atoms with Crippen molar-refractivity contribution in [2.45, 2.75) is 76.5 Å². The van der Waals surface area contributed by atoms with E-state index in [9.17, 15) is 8.78 Å². The van der Waals surface area contributed by atoms with Gasteiger partial charge in [0.25, 0.3) is 6.43 Å². The number of nitrogens with two attached hydrogens (primary N) is 1. The number of nitrogen functional groups attached to an aromatic ring is 1. The first-order valence-corrected chi connectivity index (χ1v) is 12.6. The van der Waals surface area contributed by atoms with Crippen LogP contribution in [0.15, 0.2) is 36.3 Å². The molecule has 2 aromatic heterocycles. The Bertz CT molecular complexity index is 1400. The van der Waals surface area contributed by atoms with Crippen molar-refractivity contribution >= 4 is 16.9 Å². The summed E-state index contributed by atoms with van der Waals surface area (Å²) in [4.78, 5) is 8.52. The number of nitrogens with zero attached hydrogens (tertiary/aromatic N) is 3. The van der Waals surface area contributed by atoms with Gasteiger partial charge in [0.1, 0.15) is 35.8 Å². The van der Waals surface area contributed by atoms with E-state index < -0.39 is 23.6 Å². The van der Waals surface area contributed by atoms with Crippen LogP contribution in [-0.4, -0.2) is 39.1 Å². The number of anilines is 1. The maximum absolute atomic E-state index is 15.0. The van der Waals surface area contributed by atoms with E-state index in [1.165, 1.54) is 12.4 Å². The summed E-state index contributed by atoms with van der Waals surface area (Å²) in [6.07, 6.45) is 3.10. The molecule has 0 spiro atoms. The Morgan fingerprint density at radius 2 is 2.05 bits per heavy atom. The SMILES string of the molecule is CC1CNCc2c(CCC3=C[C@@H](n4ccc5c(N)ncnc54)[C@@H]4OC(C)(C)O[C@H]34)cc(C(F)F)c(F)c21. The number of rotatable bonds is 5. The van der Waals surface area contributed by atoms with Gasteiger partial charge in [0.05, 0.1) is 17.0 Å². The summed E-state index contributed by atoms with van der Waals surface area (Å²) >= 11 is 0. The highest BCUT2D eigenvalue weighted by molar-refractivity contribution is 5.86. The van der Waals surface area contributed by atoms with Gasteiger partial charge in [-0.05, 0) is 67.0 Å². The van der Waals surface area contributed by atoms with Crippen LogP contribution in [0.5, 0.6) is 0 Å². The van der Waals surface area contributed by atoms with Crippen LogP contribution in [0.25, 0.3) is 11.0 Å². The van der Waals surface area contributed by atoms with Crippen molar-refractivity contribution in [3.8, 4) is 0 Å². The van der Waals surface area contributed by atoms with Gasteiger partial charge in [0, 0.05) is 19.3 Å². The zero-order chi connectivity index (χ0) is 26.1. The molecule has 1 aromatic carbocycles. The van der Waals surface area contributed by atoms with Crippen molar-refractivity contribution in [3.05, 3.63) is 64.4 Å². The zero-order valence-electron chi connectivity index (χ0n) is 21.0. The maximum atomic E-state index is 15.0. The van der Waals surface area contributed by atoms with Crippen LogP contribution in [0.1, 0.15) is 67.8 Å². The number of hydrogen-bond acceptors (Lipinski definition) is 6. The fourth-order valence-electron chi connectivity index (χ4n) is 6.13. The predicted molar refractivity (Wildman–Crippen MR) is 133 cm³/mol. The predicted octanol–water partition coefficient (Wildman–Crippen LogP) is 4.93. The van der Waals surface area contributed by atoms with Crippen molar-refractivity contribution in [1.29, 1.82) is 0 Å². The monoisotopic (exact) mass is 513 g/mol. The second kappa shape index (κ2) is 8.82. The first-order chi connectivity index (χ1) is 17.6. The third-order valence-corrected chi connectivity index (χ3v) is 7.77. The Morgan fingerprint density at radius 3 is 2.84 bits per heavy atom. The van der Waals surface area contributed by atoms with E-state index in [1.807, 2.05) is 37.6 Å². The molecule has 3 aliphatic rings. The molecule has 0 bridgehead atoms. The Hall–Kier alpha value is -2.95. The Morgan fingerprint density at radius 1 is 1.24 bits per heavy atom. The van der Waals surface area contributed by atoms with Gasteiger partial charge in [-0.3, -0.25) is 0 Å². The maximum Gasteiger partial charge on any atom is 0.266 e. The highest BCUT2D eigenvalue weighted by Crippen LogP contribution is 2.46. The van der Waals surface area contributed by atoms with Crippen molar-refractivity contribution < 1.29 is 22.6 Å². The Kier molecular flexibility index (Phi) is 5.81. The van der Waals surface area contributed by atoms with E-state index in [0.29, 0.717) is 43.0 Å². The highest BCUT2D eigenvalue weighted by Gasteiger charge is 2.50. The molecule has 6 rings (SSSR count). The van der Waals surface area contributed by atoms with Gasteiger partial charge in [-0.25, -0.2) is 23.1 Å². The van der Waals surface area contributed by atoms with Gasteiger partial charge >= 0.3 is 0 Å². The molecule has 1 saturated heterocycles. The van der Waals surface area contributed by atoms with Crippen LogP contribution in [0.2, 0.25) is 0 Å². The summed E-state index contributed by atoms with van der Waals surface area (Å²) in [6, 6.07) is 3.05. The lowest BCUT2D eigenvalue weighted by Crippen LogP contribution is -2.29. The molecule has 4 atom stereocenters. The first kappa shape index (κ1) is 24.4. The lowest BCUT2D eigenvalue weighted by atomic mass is 9.85. The van der Waals surface area contributed by atoms with Gasteiger partial charge < -0.3 is 25.1 Å². The quantitative estimate of drug-likeness (QED) is 0.471. The van der Waals surface area contributed by atoms with E-state index >= 15 is 4.39 Å². The second-order valence-electron chi connectivity index (χ2n) is 10.6. The number of nitrogens with one attached hydrogen (secondary N) is 1. The number of halogens is 3. The minimum absolute atomic E-state index is 0.176. The van der Waals surface area contributed by atoms with E-state index in [4.69, 9.17) is 15.2 Å². The minimum Gasteiger partial charge on any atom is -0.383 e. The lowest BCUT2D eigenvalue weighted by Gasteiger charge is -2.28. The third kappa shape index (κ3) is 4.02. The van der Waals surface area contributed by atoms with Crippen LogP contribution >= 0.6 is 0 Å². The van der Waals surface area contributed by atoms with Crippen molar-refractivity contribution in [2.75, 3.05) is 12.3 Å². The number of fused-ring (bicyclic) bond motifs is 3. The molecule has 1 unspecified atom stereocenters. The summed E-state index contributed by atoms with van der Waals surface area (Å²) in [5, 5.41) is 4.05. The summed E-state index contributed by atoms with van der Waals surface area (Å²) in [7, 11) is 0. The first-order valence-electron chi connectivity index (χ1n) is 12.6.